The molecule has 1 amide bonds. The van der Waals surface area contributed by atoms with Crippen LogP contribution in [0.2, 0.25) is 0 Å². The van der Waals surface area contributed by atoms with Crippen LogP contribution in [0, 0.1) is 12.8 Å². The normalized spacial score (nSPS) is 14.5. The molecule has 21 heavy (non-hydrogen) atoms. The van der Waals surface area contributed by atoms with Crippen molar-refractivity contribution in [2.75, 3.05) is 5.32 Å². The number of carbonyl (C=O) groups excluding carboxylic acids is 1. The maximum Gasteiger partial charge on any atom is 0.249 e. The number of amides is 1. The van der Waals surface area contributed by atoms with Crippen LogP contribution in [0.1, 0.15) is 24.0 Å². The van der Waals surface area contributed by atoms with Crippen LogP contribution < -0.4 is 5.32 Å². The molecule has 1 N–H and O–H groups in total. The molecule has 1 aromatic carbocycles. The highest BCUT2D eigenvalue weighted by atomic mass is 16.1. The van der Waals surface area contributed by atoms with Crippen LogP contribution in [0.3, 0.4) is 0 Å². The SMILES string of the molecule is Cc1cnn(CC2CC2)c1NC(=O)/C=C/c1ccccc1. The van der Waals surface area contributed by atoms with E-state index in [-0.39, 0.29) is 5.91 Å². The third-order valence-corrected chi connectivity index (χ3v) is 3.62. The summed E-state index contributed by atoms with van der Waals surface area (Å²) in [6, 6.07) is 9.79. The van der Waals surface area contributed by atoms with Crippen molar-refractivity contribution in [3.63, 3.8) is 0 Å². The number of hydrogen-bond acceptors (Lipinski definition) is 2. The minimum absolute atomic E-state index is 0.125. The summed E-state index contributed by atoms with van der Waals surface area (Å²) in [6.45, 7) is 2.86. The number of aromatic nitrogens is 2. The van der Waals surface area contributed by atoms with Gasteiger partial charge in [-0.25, -0.2) is 4.68 Å². The molecule has 1 aromatic heterocycles. The number of hydrogen-bond donors (Lipinski definition) is 1. The number of benzene rings is 1. The molecule has 1 fully saturated rings. The largest absolute Gasteiger partial charge is 0.307 e. The van der Waals surface area contributed by atoms with Crippen LogP contribution in [0.4, 0.5) is 5.82 Å². The molecule has 0 spiro atoms. The fourth-order valence-electron chi connectivity index (χ4n) is 2.22. The van der Waals surface area contributed by atoms with Crippen LogP contribution in [0.5, 0.6) is 0 Å². The Morgan fingerprint density at radius 1 is 1.38 bits per heavy atom. The summed E-state index contributed by atoms with van der Waals surface area (Å²) in [4.78, 5) is 12.1. The zero-order valence-electron chi connectivity index (χ0n) is 12.1. The highest BCUT2D eigenvalue weighted by Gasteiger charge is 2.23. The smallest absolute Gasteiger partial charge is 0.249 e. The Labute approximate surface area is 124 Å². The summed E-state index contributed by atoms with van der Waals surface area (Å²) >= 11 is 0. The second-order valence-electron chi connectivity index (χ2n) is 5.53. The van der Waals surface area contributed by atoms with Crippen molar-refractivity contribution in [2.24, 2.45) is 5.92 Å². The molecule has 0 unspecified atom stereocenters. The molecule has 1 aliphatic carbocycles. The van der Waals surface area contributed by atoms with Crippen LogP contribution in [-0.2, 0) is 11.3 Å². The zero-order valence-corrected chi connectivity index (χ0v) is 12.1. The van der Waals surface area contributed by atoms with E-state index in [1.807, 2.05) is 48.0 Å². The van der Waals surface area contributed by atoms with Gasteiger partial charge < -0.3 is 5.32 Å². The first-order valence-electron chi connectivity index (χ1n) is 7.29. The Bertz CT molecular complexity index is 654. The highest BCUT2D eigenvalue weighted by Crippen LogP contribution is 2.31. The Morgan fingerprint density at radius 3 is 2.86 bits per heavy atom. The fraction of sp³-hybridized carbons (Fsp3) is 0.294. The summed E-state index contributed by atoms with van der Waals surface area (Å²) < 4.78 is 1.90. The van der Waals surface area contributed by atoms with Gasteiger partial charge in [0.2, 0.25) is 5.91 Å². The van der Waals surface area contributed by atoms with Gasteiger partial charge in [0, 0.05) is 18.2 Å². The number of aryl methyl sites for hydroxylation is 1. The van der Waals surface area contributed by atoms with Crippen molar-refractivity contribution in [3.05, 3.63) is 53.7 Å². The van der Waals surface area contributed by atoms with E-state index in [0.29, 0.717) is 0 Å². The predicted octanol–water partition coefficient (Wildman–Crippen LogP) is 3.25. The molecule has 4 nitrogen and oxygen atoms in total. The minimum atomic E-state index is -0.125. The fourth-order valence-corrected chi connectivity index (χ4v) is 2.22. The average molecular weight is 281 g/mol. The van der Waals surface area contributed by atoms with Crippen molar-refractivity contribution in [1.29, 1.82) is 0 Å². The van der Waals surface area contributed by atoms with Gasteiger partial charge in [0.25, 0.3) is 0 Å². The third kappa shape index (κ3) is 3.60. The van der Waals surface area contributed by atoms with E-state index in [0.717, 1.165) is 29.4 Å². The molecule has 0 saturated heterocycles. The first-order chi connectivity index (χ1) is 10.2. The number of anilines is 1. The van der Waals surface area contributed by atoms with Crippen LogP contribution in [0.25, 0.3) is 6.08 Å². The molecule has 1 saturated carbocycles. The molecular weight excluding hydrogens is 262 g/mol. The van der Waals surface area contributed by atoms with E-state index in [1.54, 1.807) is 12.3 Å². The number of carbonyl (C=O) groups is 1. The quantitative estimate of drug-likeness (QED) is 0.855. The molecule has 0 atom stereocenters. The summed E-state index contributed by atoms with van der Waals surface area (Å²) in [6.07, 6.45) is 7.70. The van der Waals surface area contributed by atoms with E-state index in [1.165, 1.54) is 12.8 Å². The lowest BCUT2D eigenvalue weighted by Crippen LogP contribution is -2.14. The average Bonchev–Trinajstić information content (AvgIpc) is 3.26. The Balaban J connectivity index is 1.67. The van der Waals surface area contributed by atoms with Gasteiger partial charge in [-0.3, -0.25) is 4.79 Å². The van der Waals surface area contributed by atoms with Gasteiger partial charge in [0.1, 0.15) is 5.82 Å². The number of nitrogens with one attached hydrogen (secondary N) is 1. The first kappa shape index (κ1) is 13.6. The standard InChI is InChI=1S/C17H19N3O/c1-13-11-18-20(12-15-7-8-15)17(13)19-16(21)10-9-14-5-3-2-4-6-14/h2-6,9-11,15H,7-8,12H2,1H3,(H,19,21)/b10-9+. The number of rotatable bonds is 5. The third-order valence-electron chi connectivity index (χ3n) is 3.62. The van der Waals surface area contributed by atoms with E-state index >= 15 is 0 Å². The van der Waals surface area contributed by atoms with E-state index < -0.39 is 0 Å². The van der Waals surface area contributed by atoms with E-state index in [2.05, 4.69) is 10.4 Å². The molecule has 3 rings (SSSR count). The van der Waals surface area contributed by atoms with Crippen molar-refractivity contribution < 1.29 is 4.79 Å². The maximum atomic E-state index is 12.1. The Morgan fingerprint density at radius 2 is 2.14 bits per heavy atom. The molecule has 1 aliphatic rings. The van der Waals surface area contributed by atoms with Gasteiger partial charge >= 0.3 is 0 Å². The van der Waals surface area contributed by atoms with Gasteiger partial charge in [-0.15, -0.1) is 0 Å². The highest BCUT2D eigenvalue weighted by molar-refractivity contribution is 6.01. The Kier molecular flexibility index (Phi) is 3.86. The van der Waals surface area contributed by atoms with Crippen molar-refractivity contribution in [1.82, 2.24) is 9.78 Å². The van der Waals surface area contributed by atoms with Crippen molar-refractivity contribution in [3.8, 4) is 0 Å². The lowest BCUT2D eigenvalue weighted by molar-refractivity contribution is -0.111. The summed E-state index contributed by atoms with van der Waals surface area (Å²) in [5.74, 6) is 1.41. The van der Waals surface area contributed by atoms with Crippen molar-refractivity contribution >= 4 is 17.8 Å². The summed E-state index contributed by atoms with van der Waals surface area (Å²) in [5.41, 5.74) is 2.01. The zero-order chi connectivity index (χ0) is 14.7. The summed E-state index contributed by atoms with van der Waals surface area (Å²) in [5, 5.41) is 7.28. The second kappa shape index (κ2) is 5.95. The van der Waals surface area contributed by atoms with Gasteiger partial charge in [-0.2, -0.15) is 5.10 Å². The molecule has 0 radical (unpaired) electrons. The maximum absolute atomic E-state index is 12.1. The van der Waals surface area contributed by atoms with Gasteiger partial charge in [0.05, 0.1) is 6.20 Å². The first-order valence-corrected chi connectivity index (χ1v) is 7.29. The van der Waals surface area contributed by atoms with Crippen LogP contribution >= 0.6 is 0 Å². The molecule has 2 aromatic rings. The monoisotopic (exact) mass is 281 g/mol. The molecule has 1 heterocycles. The number of nitrogens with zero attached hydrogens (tertiary/aromatic N) is 2. The van der Waals surface area contributed by atoms with Gasteiger partial charge in [0.15, 0.2) is 0 Å². The molecule has 108 valence electrons. The van der Waals surface area contributed by atoms with E-state index in [4.69, 9.17) is 0 Å². The van der Waals surface area contributed by atoms with E-state index in [9.17, 15) is 4.79 Å². The molecule has 0 bridgehead atoms. The van der Waals surface area contributed by atoms with Crippen molar-refractivity contribution in [2.45, 2.75) is 26.3 Å². The lowest BCUT2D eigenvalue weighted by atomic mass is 10.2. The summed E-state index contributed by atoms with van der Waals surface area (Å²) in [7, 11) is 0. The molecule has 0 aliphatic heterocycles. The lowest BCUT2D eigenvalue weighted by Gasteiger charge is -2.08. The molecule has 4 heteroatoms. The van der Waals surface area contributed by atoms with Crippen LogP contribution in [0.15, 0.2) is 42.6 Å². The van der Waals surface area contributed by atoms with Gasteiger partial charge in [-0.05, 0) is 37.3 Å². The predicted molar refractivity (Wildman–Crippen MR) is 83.8 cm³/mol. The second-order valence-corrected chi connectivity index (χ2v) is 5.53. The minimum Gasteiger partial charge on any atom is -0.307 e. The topological polar surface area (TPSA) is 46.9 Å². The molecular formula is C17H19N3O. The van der Waals surface area contributed by atoms with Gasteiger partial charge in [-0.1, -0.05) is 30.3 Å². The van der Waals surface area contributed by atoms with Crippen LogP contribution in [-0.4, -0.2) is 15.7 Å². The Hall–Kier alpha value is -2.36.